The highest BCUT2D eigenvalue weighted by atomic mass is 15.1. The lowest BCUT2D eigenvalue weighted by Crippen LogP contribution is -2.08. The van der Waals surface area contributed by atoms with Crippen molar-refractivity contribution in [1.82, 2.24) is 0 Å². The fourth-order valence-electron chi connectivity index (χ4n) is 2.40. The van der Waals surface area contributed by atoms with Crippen molar-refractivity contribution in [3.8, 4) is 0 Å². The maximum Gasteiger partial charge on any atom is 0.160 e. The standard InChI is InChI=1S/C16H13N5/c1-21(2)12-5-3-10(4-6-12)16-18-14-7-11-9-17-20-13(11)8-15(14)19-16/h3-9H,1-2H3. The van der Waals surface area contributed by atoms with Crippen molar-refractivity contribution in [2.45, 2.75) is 0 Å². The summed E-state index contributed by atoms with van der Waals surface area (Å²) in [5.74, 6) is 0.746. The van der Waals surface area contributed by atoms with Crippen molar-refractivity contribution in [1.29, 1.82) is 0 Å². The van der Waals surface area contributed by atoms with Gasteiger partial charge in [0.25, 0.3) is 0 Å². The molecule has 0 fully saturated rings. The van der Waals surface area contributed by atoms with E-state index in [0.29, 0.717) is 0 Å². The van der Waals surface area contributed by atoms with Crippen molar-refractivity contribution in [3.63, 3.8) is 0 Å². The Morgan fingerprint density at radius 1 is 0.905 bits per heavy atom. The van der Waals surface area contributed by atoms with E-state index in [9.17, 15) is 0 Å². The second kappa shape index (κ2) is 4.34. The topological polar surface area (TPSA) is 52.7 Å². The van der Waals surface area contributed by atoms with E-state index in [4.69, 9.17) is 0 Å². The minimum atomic E-state index is 0.746. The van der Waals surface area contributed by atoms with E-state index in [0.717, 1.165) is 39.0 Å². The number of hydrogen-bond acceptors (Lipinski definition) is 5. The summed E-state index contributed by atoms with van der Waals surface area (Å²) in [5.41, 5.74) is 3.91. The number of aliphatic imine (C=N–C) groups is 1. The predicted molar refractivity (Wildman–Crippen MR) is 83.2 cm³/mol. The van der Waals surface area contributed by atoms with Gasteiger partial charge in [-0.1, -0.05) is 0 Å². The number of fused-ring (bicyclic) bond motifs is 2. The molecule has 2 aromatic rings. The van der Waals surface area contributed by atoms with E-state index in [2.05, 4.69) is 37.2 Å². The van der Waals surface area contributed by atoms with Gasteiger partial charge in [0.1, 0.15) is 0 Å². The minimum Gasteiger partial charge on any atom is -0.378 e. The molecule has 2 heterocycles. The first-order valence-electron chi connectivity index (χ1n) is 6.71. The molecule has 0 atom stereocenters. The second-order valence-corrected chi connectivity index (χ2v) is 5.23. The molecule has 0 saturated heterocycles. The van der Waals surface area contributed by atoms with Gasteiger partial charge in [0.05, 0.1) is 22.9 Å². The average molecular weight is 275 g/mol. The Morgan fingerprint density at radius 3 is 2.48 bits per heavy atom. The Labute approximate surface area is 121 Å². The van der Waals surface area contributed by atoms with Crippen LogP contribution in [0.15, 0.2) is 56.6 Å². The zero-order valence-electron chi connectivity index (χ0n) is 11.8. The minimum absolute atomic E-state index is 0.746. The number of benzene rings is 2. The molecule has 102 valence electrons. The van der Waals surface area contributed by atoms with E-state index in [-0.39, 0.29) is 0 Å². The maximum atomic E-state index is 4.61. The fraction of sp³-hybridized carbons (Fsp3) is 0.125. The maximum absolute atomic E-state index is 4.61. The third kappa shape index (κ3) is 1.94. The molecule has 0 saturated carbocycles. The highest BCUT2D eigenvalue weighted by Crippen LogP contribution is 2.20. The Kier molecular flexibility index (Phi) is 2.47. The summed E-state index contributed by atoms with van der Waals surface area (Å²) in [6, 6.07) is 12.1. The van der Waals surface area contributed by atoms with E-state index in [1.165, 1.54) is 0 Å². The number of rotatable bonds is 2. The monoisotopic (exact) mass is 275 g/mol. The SMILES string of the molecule is CN(C)c1ccc(C2=Nc3cc4c(cc3=N2)N=NC=4)cc1. The molecule has 0 amide bonds. The molecule has 5 nitrogen and oxygen atoms in total. The quantitative estimate of drug-likeness (QED) is 0.829. The van der Waals surface area contributed by atoms with Gasteiger partial charge in [0, 0.05) is 30.6 Å². The summed E-state index contributed by atoms with van der Waals surface area (Å²) in [4.78, 5) is 11.3. The summed E-state index contributed by atoms with van der Waals surface area (Å²) < 4.78 is 0. The predicted octanol–water partition coefficient (Wildman–Crippen LogP) is 2.30. The van der Waals surface area contributed by atoms with Crippen LogP contribution in [0.3, 0.4) is 0 Å². The van der Waals surface area contributed by atoms with Crippen LogP contribution in [-0.2, 0) is 0 Å². The van der Waals surface area contributed by atoms with E-state index >= 15 is 0 Å². The molecule has 4 rings (SSSR count). The van der Waals surface area contributed by atoms with Gasteiger partial charge in [0.15, 0.2) is 5.84 Å². The smallest absolute Gasteiger partial charge is 0.160 e. The van der Waals surface area contributed by atoms with Gasteiger partial charge in [-0.2, -0.15) is 10.2 Å². The molecule has 0 aliphatic carbocycles. The molecule has 5 heteroatoms. The molecule has 0 radical (unpaired) electrons. The molecular weight excluding hydrogens is 262 g/mol. The Hall–Kier alpha value is -2.82. The molecule has 2 aliphatic heterocycles. The van der Waals surface area contributed by atoms with E-state index in [1.54, 1.807) is 6.20 Å². The number of nitrogens with zero attached hydrogens (tertiary/aromatic N) is 5. The number of anilines is 1. The zero-order chi connectivity index (χ0) is 14.4. The van der Waals surface area contributed by atoms with Crippen LogP contribution in [0.4, 0.5) is 17.1 Å². The van der Waals surface area contributed by atoms with Crippen LogP contribution < -0.4 is 15.5 Å². The fourth-order valence-corrected chi connectivity index (χ4v) is 2.40. The van der Waals surface area contributed by atoms with Crippen LogP contribution in [0.2, 0.25) is 0 Å². The molecule has 2 aromatic carbocycles. The first-order valence-corrected chi connectivity index (χ1v) is 6.71. The van der Waals surface area contributed by atoms with Gasteiger partial charge in [-0.05, 0) is 36.4 Å². The lowest BCUT2D eigenvalue weighted by Gasteiger charge is -2.12. The van der Waals surface area contributed by atoms with Crippen LogP contribution in [0, 0.1) is 0 Å². The normalized spacial score (nSPS) is 14.1. The second-order valence-electron chi connectivity index (χ2n) is 5.23. The first-order chi connectivity index (χ1) is 10.2. The molecule has 21 heavy (non-hydrogen) atoms. The lowest BCUT2D eigenvalue weighted by molar-refractivity contribution is 1.13. The third-order valence-electron chi connectivity index (χ3n) is 3.58. The van der Waals surface area contributed by atoms with Crippen LogP contribution in [-0.4, -0.2) is 19.9 Å². The molecule has 0 bridgehead atoms. The van der Waals surface area contributed by atoms with Gasteiger partial charge in [-0.15, -0.1) is 0 Å². The highest BCUT2D eigenvalue weighted by Gasteiger charge is 2.13. The lowest BCUT2D eigenvalue weighted by atomic mass is 10.2. The average Bonchev–Trinajstić information content (AvgIpc) is 3.10. The molecular formula is C16H13N5. The zero-order valence-corrected chi connectivity index (χ0v) is 11.8. The molecule has 0 spiro atoms. The van der Waals surface area contributed by atoms with Gasteiger partial charge in [-0.3, -0.25) is 0 Å². The van der Waals surface area contributed by atoms with Gasteiger partial charge >= 0.3 is 0 Å². The highest BCUT2D eigenvalue weighted by molar-refractivity contribution is 6.03. The summed E-state index contributed by atoms with van der Waals surface area (Å²) in [6.45, 7) is 0. The van der Waals surface area contributed by atoms with Gasteiger partial charge in [-0.25, -0.2) is 9.98 Å². The van der Waals surface area contributed by atoms with Crippen molar-refractivity contribution in [2.24, 2.45) is 20.2 Å². The van der Waals surface area contributed by atoms with Gasteiger partial charge in [0.2, 0.25) is 0 Å². The van der Waals surface area contributed by atoms with E-state index < -0.39 is 0 Å². The number of hydrogen-bond donors (Lipinski definition) is 0. The van der Waals surface area contributed by atoms with E-state index in [1.807, 2.05) is 38.4 Å². The summed E-state index contributed by atoms with van der Waals surface area (Å²) in [5, 5.41) is 9.81. The molecule has 2 aliphatic rings. The van der Waals surface area contributed by atoms with Crippen LogP contribution in [0.5, 0.6) is 0 Å². The Balaban J connectivity index is 1.75. The van der Waals surface area contributed by atoms with Crippen molar-refractivity contribution < 1.29 is 0 Å². The van der Waals surface area contributed by atoms with Crippen LogP contribution >= 0.6 is 0 Å². The molecule has 0 N–H and O–H groups in total. The van der Waals surface area contributed by atoms with Gasteiger partial charge < -0.3 is 4.90 Å². The number of azo groups is 1. The molecule has 0 unspecified atom stereocenters. The summed E-state index contributed by atoms with van der Waals surface area (Å²) in [6.07, 6.45) is 1.75. The first kappa shape index (κ1) is 12.0. The van der Waals surface area contributed by atoms with Crippen molar-refractivity contribution in [2.75, 3.05) is 19.0 Å². The Morgan fingerprint density at radius 2 is 1.71 bits per heavy atom. The number of amidine groups is 1. The molecule has 0 aromatic heterocycles. The van der Waals surface area contributed by atoms with Crippen molar-refractivity contribution in [3.05, 3.63) is 52.5 Å². The Bertz CT molecular complexity index is 905. The summed E-state index contributed by atoms with van der Waals surface area (Å²) >= 11 is 0. The third-order valence-corrected chi connectivity index (χ3v) is 3.58. The largest absolute Gasteiger partial charge is 0.378 e. The van der Waals surface area contributed by atoms with Crippen LogP contribution in [0.25, 0.3) is 6.20 Å². The summed E-state index contributed by atoms with van der Waals surface area (Å²) in [7, 11) is 4.05. The van der Waals surface area contributed by atoms with Crippen molar-refractivity contribution >= 4 is 29.1 Å². The van der Waals surface area contributed by atoms with Crippen LogP contribution in [0.1, 0.15) is 5.56 Å².